The molecule has 0 atom stereocenters. The second kappa shape index (κ2) is 5.64. The van der Waals surface area contributed by atoms with Gasteiger partial charge >= 0.3 is 7.60 Å². The van der Waals surface area contributed by atoms with E-state index < -0.39 is 7.60 Å². The van der Waals surface area contributed by atoms with Crippen LogP contribution < -0.4 is 0 Å². The molecule has 0 N–H and O–H groups in total. The van der Waals surface area contributed by atoms with E-state index in [-0.39, 0.29) is 24.2 Å². The third kappa shape index (κ3) is 6.30. The van der Waals surface area contributed by atoms with Gasteiger partial charge < -0.3 is 9.05 Å². The Morgan fingerprint density at radius 1 is 1.14 bits per heavy atom. The summed E-state index contributed by atoms with van der Waals surface area (Å²) in [5.74, 6) is -0.186. The highest BCUT2D eigenvalue weighted by molar-refractivity contribution is 7.54. The predicted molar refractivity (Wildman–Crippen MR) is 55.6 cm³/mol. The summed E-state index contributed by atoms with van der Waals surface area (Å²) in [5.41, 5.74) is 0. The van der Waals surface area contributed by atoms with Gasteiger partial charge in [0.2, 0.25) is 0 Å². The number of ketones is 1. The largest absolute Gasteiger partial charge is 0.338 e. The van der Waals surface area contributed by atoms with Gasteiger partial charge in [0.15, 0.2) is 0 Å². The molecule has 0 aliphatic heterocycles. The Labute approximate surface area is 85.5 Å². The van der Waals surface area contributed by atoms with E-state index in [2.05, 4.69) is 0 Å². The maximum absolute atomic E-state index is 12.0. The van der Waals surface area contributed by atoms with Gasteiger partial charge in [0.05, 0.1) is 12.2 Å². The van der Waals surface area contributed by atoms with Crippen molar-refractivity contribution in [1.29, 1.82) is 0 Å². The van der Waals surface area contributed by atoms with Crippen LogP contribution in [0.5, 0.6) is 0 Å². The van der Waals surface area contributed by atoms with E-state index in [1.54, 1.807) is 27.7 Å². The molecular weight excluding hydrogens is 203 g/mol. The summed E-state index contributed by atoms with van der Waals surface area (Å²) in [6.45, 7) is 8.42. The van der Waals surface area contributed by atoms with Crippen molar-refractivity contribution in [3.05, 3.63) is 0 Å². The van der Waals surface area contributed by atoms with E-state index in [1.807, 2.05) is 0 Å². The third-order valence-electron chi connectivity index (χ3n) is 1.16. The van der Waals surface area contributed by atoms with E-state index in [4.69, 9.17) is 9.05 Å². The maximum Gasteiger partial charge on any atom is 0.338 e. The average Bonchev–Trinajstić information content (AvgIpc) is 1.76. The average molecular weight is 222 g/mol. The van der Waals surface area contributed by atoms with Crippen LogP contribution in [0.25, 0.3) is 0 Å². The van der Waals surface area contributed by atoms with Crippen molar-refractivity contribution >= 4 is 13.4 Å². The summed E-state index contributed by atoms with van der Waals surface area (Å²) in [4.78, 5) is 10.9. The standard InChI is InChI=1S/C9H19O4P/c1-7(2)12-14(11,6-9(5)10)13-8(3)4/h7-8H,6H2,1-5H3. The predicted octanol–water partition coefficient (Wildman–Crippen LogP) is 2.62. The van der Waals surface area contributed by atoms with Crippen molar-refractivity contribution in [1.82, 2.24) is 0 Å². The van der Waals surface area contributed by atoms with Crippen LogP contribution in [0.15, 0.2) is 0 Å². The summed E-state index contributed by atoms with van der Waals surface area (Å²) in [6, 6.07) is 0. The van der Waals surface area contributed by atoms with Gasteiger partial charge in [-0.2, -0.15) is 0 Å². The van der Waals surface area contributed by atoms with Crippen LogP contribution in [0.2, 0.25) is 0 Å². The molecule has 0 aliphatic rings. The number of hydrogen-bond donors (Lipinski definition) is 0. The maximum atomic E-state index is 12.0. The van der Waals surface area contributed by atoms with Crippen molar-refractivity contribution in [3.63, 3.8) is 0 Å². The molecule has 84 valence electrons. The quantitative estimate of drug-likeness (QED) is 0.648. The fourth-order valence-electron chi connectivity index (χ4n) is 1.01. The first-order valence-electron chi connectivity index (χ1n) is 4.70. The van der Waals surface area contributed by atoms with Crippen LogP contribution in [0.4, 0.5) is 0 Å². The lowest BCUT2D eigenvalue weighted by molar-refractivity contribution is -0.115. The minimum Gasteiger partial charge on any atom is -0.306 e. The molecule has 0 saturated carbocycles. The molecular formula is C9H19O4P. The van der Waals surface area contributed by atoms with Crippen molar-refractivity contribution in [2.45, 2.75) is 46.8 Å². The second-order valence-electron chi connectivity index (χ2n) is 3.78. The molecule has 0 radical (unpaired) electrons. The van der Waals surface area contributed by atoms with Crippen molar-refractivity contribution < 1.29 is 18.4 Å². The monoisotopic (exact) mass is 222 g/mol. The van der Waals surface area contributed by atoms with Gasteiger partial charge in [0, 0.05) is 0 Å². The molecule has 0 saturated heterocycles. The highest BCUT2D eigenvalue weighted by Gasteiger charge is 2.29. The van der Waals surface area contributed by atoms with Crippen LogP contribution in [0.1, 0.15) is 34.6 Å². The van der Waals surface area contributed by atoms with Crippen LogP contribution in [0, 0.1) is 0 Å². The molecule has 4 nitrogen and oxygen atoms in total. The number of Topliss-reactive ketones (excluding diaryl/α,β-unsaturated/α-hetero) is 1. The molecule has 0 rings (SSSR count). The zero-order chi connectivity index (χ0) is 11.4. The van der Waals surface area contributed by atoms with Crippen LogP contribution in [0.3, 0.4) is 0 Å². The third-order valence-corrected chi connectivity index (χ3v) is 3.48. The van der Waals surface area contributed by atoms with Gasteiger partial charge in [-0.25, -0.2) is 0 Å². The molecule has 0 spiro atoms. The van der Waals surface area contributed by atoms with E-state index in [0.29, 0.717) is 0 Å². The summed E-state index contributed by atoms with van der Waals surface area (Å²) in [6.07, 6.45) is -0.568. The zero-order valence-corrected chi connectivity index (χ0v) is 10.3. The van der Waals surface area contributed by atoms with Crippen LogP contribution in [-0.2, 0) is 18.4 Å². The minimum absolute atomic E-state index is 0.149. The topological polar surface area (TPSA) is 52.6 Å². The highest BCUT2D eigenvalue weighted by Crippen LogP contribution is 2.50. The number of hydrogen-bond acceptors (Lipinski definition) is 4. The lowest BCUT2D eigenvalue weighted by atomic mass is 10.5. The molecule has 0 amide bonds. The van der Waals surface area contributed by atoms with Gasteiger partial charge in [-0.1, -0.05) is 0 Å². The summed E-state index contributed by atoms with van der Waals surface area (Å²) < 4.78 is 22.3. The van der Waals surface area contributed by atoms with E-state index >= 15 is 0 Å². The van der Waals surface area contributed by atoms with Crippen molar-refractivity contribution in [2.75, 3.05) is 6.16 Å². The normalized spacial score (nSPS) is 12.5. The lowest BCUT2D eigenvalue weighted by Gasteiger charge is -2.21. The Hall–Kier alpha value is -0.180. The molecule has 14 heavy (non-hydrogen) atoms. The molecule has 0 unspecified atom stereocenters. The van der Waals surface area contributed by atoms with Crippen LogP contribution >= 0.6 is 7.60 Å². The zero-order valence-electron chi connectivity index (χ0n) is 9.44. The van der Waals surface area contributed by atoms with Gasteiger partial charge in [0.1, 0.15) is 11.9 Å². The Kier molecular flexibility index (Phi) is 5.57. The number of rotatable bonds is 6. The van der Waals surface area contributed by atoms with Gasteiger partial charge in [-0.3, -0.25) is 9.36 Å². The Bertz CT molecular complexity index is 221. The first-order valence-corrected chi connectivity index (χ1v) is 6.43. The van der Waals surface area contributed by atoms with E-state index in [9.17, 15) is 9.36 Å². The molecule has 0 aromatic carbocycles. The fraction of sp³-hybridized carbons (Fsp3) is 0.889. The van der Waals surface area contributed by atoms with Gasteiger partial charge in [-0.05, 0) is 34.6 Å². The van der Waals surface area contributed by atoms with Gasteiger partial charge in [-0.15, -0.1) is 0 Å². The SMILES string of the molecule is CC(=O)CP(=O)(OC(C)C)OC(C)C. The molecule has 5 heteroatoms. The molecule has 0 fully saturated rings. The van der Waals surface area contributed by atoms with E-state index in [1.165, 1.54) is 6.92 Å². The summed E-state index contributed by atoms with van der Waals surface area (Å²) in [5, 5.41) is 0. The summed E-state index contributed by atoms with van der Waals surface area (Å²) >= 11 is 0. The number of carbonyl (C=O) groups excluding carboxylic acids is 1. The Morgan fingerprint density at radius 3 is 1.71 bits per heavy atom. The Balaban J connectivity index is 4.49. The molecule has 0 aliphatic carbocycles. The fourth-order valence-corrected chi connectivity index (χ4v) is 3.04. The molecule has 0 bridgehead atoms. The lowest BCUT2D eigenvalue weighted by Crippen LogP contribution is -2.13. The highest BCUT2D eigenvalue weighted by atomic mass is 31.2. The van der Waals surface area contributed by atoms with Crippen LogP contribution in [-0.4, -0.2) is 24.2 Å². The van der Waals surface area contributed by atoms with Crippen molar-refractivity contribution in [2.24, 2.45) is 0 Å². The van der Waals surface area contributed by atoms with Gasteiger partial charge in [0.25, 0.3) is 0 Å². The van der Waals surface area contributed by atoms with Crippen molar-refractivity contribution in [3.8, 4) is 0 Å². The molecule has 0 aromatic rings. The minimum atomic E-state index is -3.24. The smallest absolute Gasteiger partial charge is 0.306 e. The summed E-state index contributed by atoms with van der Waals surface area (Å²) in [7, 11) is -3.24. The first kappa shape index (κ1) is 13.8. The second-order valence-corrected chi connectivity index (χ2v) is 5.74. The molecule has 0 aromatic heterocycles. The molecule has 0 heterocycles. The Morgan fingerprint density at radius 2 is 1.50 bits per heavy atom. The number of carbonyl (C=O) groups is 1. The van der Waals surface area contributed by atoms with E-state index in [0.717, 1.165) is 0 Å². The first-order chi connectivity index (χ1) is 6.25.